The van der Waals surface area contributed by atoms with Crippen LogP contribution >= 0.6 is 12.4 Å². The third-order valence-electron chi connectivity index (χ3n) is 4.83. The molecule has 0 aliphatic carbocycles. The summed E-state index contributed by atoms with van der Waals surface area (Å²) in [4.78, 5) is 24.4. The summed E-state index contributed by atoms with van der Waals surface area (Å²) in [5.41, 5.74) is 1.12. The van der Waals surface area contributed by atoms with Crippen molar-refractivity contribution in [3.05, 3.63) is 29.8 Å². The van der Waals surface area contributed by atoms with Crippen LogP contribution in [0, 0.1) is 5.92 Å². The Morgan fingerprint density at radius 2 is 1.83 bits per heavy atom. The van der Waals surface area contributed by atoms with Gasteiger partial charge in [0.15, 0.2) is 0 Å². The maximum atomic E-state index is 12.4. The van der Waals surface area contributed by atoms with E-state index in [1.54, 1.807) is 12.1 Å². The molecule has 2 atom stereocenters. The molecule has 2 unspecified atom stereocenters. The van der Waals surface area contributed by atoms with Gasteiger partial charge in [0, 0.05) is 25.0 Å². The van der Waals surface area contributed by atoms with E-state index >= 15 is 0 Å². The first kappa shape index (κ1) is 18.7. The Balaban J connectivity index is 0.00000208. The molecule has 0 saturated carbocycles. The number of hydrogen-bond acceptors (Lipinski definition) is 3. The van der Waals surface area contributed by atoms with E-state index in [-0.39, 0.29) is 24.2 Å². The molecule has 2 heterocycles. The van der Waals surface area contributed by atoms with Gasteiger partial charge in [-0.3, -0.25) is 9.59 Å². The number of rotatable bonds is 5. The fraction of sp³-hybridized carbons (Fsp3) is 0.556. The molecule has 3 N–H and O–H groups in total. The van der Waals surface area contributed by atoms with Gasteiger partial charge in [-0.25, -0.2) is 0 Å². The van der Waals surface area contributed by atoms with Crippen LogP contribution in [-0.4, -0.2) is 30.4 Å². The molecular formula is C18H26ClN3O2. The number of anilines is 1. The van der Waals surface area contributed by atoms with E-state index in [0.717, 1.165) is 12.8 Å². The van der Waals surface area contributed by atoms with Crippen molar-refractivity contribution in [2.24, 2.45) is 5.92 Å². The molecule has 5 nitrogen and oxygen atoms in total. The number of carbonyl (C=O) groups is 2. The average molecular weight is 352 g/mol. The minimum atomic E-state index is -0.150. The van der Waals surface area contributed by atoms with Gasteiger partial charge in [0.1, 0.15) is 0 Å². The zero-order valence-electron chi connectivity index (χ0n) is 14.0. The summed E-state index contributed by atoms with van der Waals surface area (Å²) in [5.74, 6) is 0.307. The maximum absolute atomic E-state index is 12.4. The second-order valence-electron chi connectivity index (χ2n) is 6.63. The van der Waals surface area contributed by atoms with Crippen LogP contribution in [0.2, 0.25) is 0 Å². The minimum absolute atomic E-state index is 0. The monoisotopic (exact) mass is 351 g/mol. The number of fused-ring (bicyclic) bond motifs is 2. The molecule has 3 rings (SSSR count). The van der Waals surface area contributed by atoms with Gasteiger partial charge in [-0.15, -0.1) is 12.4 Å². The van der Waals surface area contributed by atoms with Crippen molar-refractivity contribution in [2.45, 2.75) is 51.1 Å². The number of carbonyl (C=O) groups excluding carboxylic acids is 2. The molecule has 1 aromatic rings. The molecule has 132 valence electrons. The highest BCUT2D eigenvalue weighted by atomic mass is 35.5. The van der Waals surface area contributed by atoms with E-state index < -0.39 is 0 Å². The average Bonchev–Trinajstić information content (AvgIpc) is 2.86. The fourth-order valence-corrected chi connectivity index (χ4v) is 3.85. The Hall–Kier alpha value is -1.59. The van der Waals surface area contributed by atoms with Gasteiger partial charge in [-0.2, -0.15) is 0 Å². The Morgan fingerprint density at radius 3 is 2.50 bits per heavy atom. The van der Waals surface area contributed by atoms with Crippen LogP contribution in [0.4, 0.5) is 5.69 Å². The van der Waals surface area contributed by atoms with Gasteiger partial charge in [0.05, 0.1) is 11.3 Å². The lowest BCUT2D eigenvalue weighted by Gasteiger charge is -2.28. The highest BCUT2D eigenvalue weighted by molar-refractivity contribution is 6.03. The van der Waals surface area contributed by atoms with E-state index in [4.69, 9.17) is 0 Å². The first-order valence-electron chi connectivity index (χ1n) is 8.58. The predicted octanol–water partition coefficient (Wildman–Crippen LogP) is 2.72. The SMILES string of the molecule is CCNC(=O)c1ccccc1NC(=O)CC1CC2CCC(C1)N2.Cl. The Morgan fingerprint density at radius 1 is 1.17 bits per heavy atom. The lowest BCUT2D eigenvalue weighted by molar-refractivity contribution is -0.117. The van der Waals surface area contributed by atoms with Crippen LogP contribution < -0.4 is 16.0 Å². The molecule has 24 heavy (non-hydrogen) atoms. The standard InChI is InChI=1S/C18H25N3O2.ClH/c1-2-19-18(23)15-5-3-4-6-16(15)21-17(22)11-12-9-13-7-8-14(10-12)20-13;/h3-6,12-14,20H,2,7-11H2,1H3,(H,19,23)(H,21,22);1H. The van der Waals surface area contributed by atoms with Gasteiger partial charge < -0.3 is 16.0 Å². The van der Waals surface area contributed by atoms with Crippen LogP contribution in [-0.2, 0) is 4.79 Å². The lowest BCUT2D eigenvalue weighted by Crippen LogP contribution is -2.39. The van der Waals surface area contributed by atoms with Crippen molar-refractivity contribution in [1.82, 2.24) is 10.6 Å². The van der Waals surface area contributed by atoms with Crippen molar-refractivity contribution in [3.63, 3.8) is 0 Å². The first-order chi connectivity index (χ1) is 11.2. The molecule has 0 spiro atoms. The molecule has 2 bridgehead atoms. The summed E-state index contributed by atoms with van der Waals surface area (Å²) in [5, 5.41) is 9.30. The van der Waals surface area contributed by atoms with Gasteiger partial charge in [0.2, 0.25) is 5.91 Å². The molecule has 2 saturated heterocycles. The Bertz CT molecular complexity index is 581. The largest absolute Gasteiger partial charge is 0.352 e. The highest BCUT2D eigenvalue weighted by Gasteiger charge is 2.34. The first-order valence-corrected chi connectivity index (χ1v) is 8.58. The number of nitrogens with one attached hydrogen (secondary N) is 3. The van der Waals surface area contributed by atoms with Gasteiger partial charge in [-0.1, -0.05) is 12.1 Å². The topological polar surface area (TPSA) is 70.2 Å². The number of halogens is 1. The van der Waals surface area contributed by atoms with E-state index in [1.807, 2.05) is 19.1 Å². The number of piperidine rings is 1. The van der Waals surface area contributed by atoms with Crippen molar-refractivity contribution >= 4 is 29.9 Å². The molecular weight excluding hydrogens is 326 g/mol. The number of para-hydroxylation sites is 1. The second kappa shape index (κ2) is 8.49. The van der Waals surface area contributed by atoms with Gasteiger partial charge >= 0.3 is 0 Å². The summed E-state index contributed by atoms with van der Waals surface area (Å²) in [6.45, 7) is 2.45. The normalized spacial score (nSPS) is 24.8. The zero-order chi connectivity index (χ0) is 16.2. The van der Waals surface area contributed by atoms with Crippen molar-refractivity contribution in [2.75, 3.05) is 11.9 Å². The summed E-state index contributed by atoms with van der Waals surface area (Å²) < 4.78 is 0. The molecule has 2 amide bonds. The smallest absolute Gasteiger partial charge is 0.253 e. The quantitative estimate of drug-likeness (QED) is 0.764. The van der Waals surface area contributed by atoms with Crippen LogP contribution in [0.3, 0.4) is 0 Å². The third-order valence-corrected chi connectivity index (χ3v) is 4.83. The van der Waals surface area contributed by atoms with Crippen LogP contribution in [0.15, 0.2) is 24.3 Å². The van der Waals surface area contributed by atoms with E-state index in [1.165, 1.54) is 12.8 Å². The number of benzene rings is 1. The molecule has 0 aromatic heterocycles. The van der Waals surface area contributed by atoms with Crippen molar-refractivity contribution < 1.29 is 9.59 Å². The van der Waals surface area contributed by atoms with Crippen LogP contribution in [0.25, 0.3) is 0 Å². The van der Waals surface area contributed by atoms with Crippen LogP contribution in [0.5, 0.6) is 0 Å². The van der Waals surface area contributed by atoms with Gasteiger partial charge in [0.25, 0.3) is 5.91 Å². The predicted molar refractivity (Wildman–Crippen MR) is 97.6 cm³/mol. The molecule has 0 radical (unpaired) electrons. The zero-order valence-corrected chi connectivity index (χ0v) is 14.8. The Labute approximate surface area is 149 Å². The molecule has 2 aliphatic rings. The summed E-state index contributed by atoms with van der Waals surface area (Å²) in [6.07, 6.45) is 5.19. The molecule has 2 aliphatic heterocycles. The fourth-order valence-electron chi connectivity index (χ4n) is 3.85. The van der Waals surface area contributed by atoms with E-state index in [0.29, 0.717) is 42.2 Å². The van der Waals surface area contributed by atoms with E-state index in [2.05, 4.69) is 16.0 Å². The van der Waals surface area contributed by atoms with E-state index in [9.17, 15) is 9.59 Å². The highest BCUT2D eigenvalue weighted by Crippen LogP contribution is 2.32. The summed E-state index contributed by atoms with van der Waals surface area (Å²) in [7, 11) is 0. The van der Waals surface area contributed by atoms with Crippen molar-refractivity contribution in [1.29, 1.82) is 0 Å². The molecule has 6 heteroatoms. The Kier molecular flexibility index (Phi) is 6.63. The molecule has 1 aromatic carbocycles. The van der Waals surface area contributed by atoms with Crippen LogP contribution in [0.1, 0.15) is 49.4 Å². The maximum Gasteiger partial charge on any atom is 0.253 e. The molecule has 2 fully saturated rings. The minimum Gasteiger partial charge on any atom is -0.352 e. The summed E-state index contributed by atoms with van der Waals surface area (Å²) in [6, 6.07) is 8.36. The summed E-state index contributed by atoms with van der Waals surface area (Å²) >= 11 is 0. The number of amides is 2. The van der Waals surface area contributed by atoms with Crippen molar-refractivity contribution in [3.8, 4) is 0 Å². The second-order valence-corrected chi connectivity index (χ2v) is 6.63. The lowest BCUT2D eigenvalue weighted by atomic mass is 9.89. The number of hydrogen-bond donors (Lipinski definition) is 3. The van der Waals surface area contributed by atoms with Gasteiger partial charge in [-0.05, 0) is 50.7 Å². The third kappa shape index (κ3) is 4.48.